The molecule has 4 aromatic carbocycles. The Bertz CT molecular complexity index is 2430. The molecule has 0 spiro atoms. The molecule has 0 saturated carbocycles. The third kappa shape index (κ3) is 10.8. The van der Waals surface area contributed by atoms with Crippen molar-refractivity contribution < 1.29 is 34.9 Å². The molecule has 1 atom stereocenters. The number of hydrogen-bond donors (Lipinski definition) is 2. The van der Waals surface area contributed by atoms with E-state index in [9.17, 15) is 21.2 Å². The lowest BCUT2D eigenvalue weighted by Gasteiger charge is -2.24. The summed E-state index contributed by atoms with van der Waals surface area (Å²) >= 11 is 6.49. The molecule has 6 aromatic rings. The second kappa shape index (κ2) is 16.9. The summed E-state index contributed by atoms with van der Waals surface area (Å²) in [5.74, 6) is 1.86. The van der Waals surface area contributed by atoms with E-state index < -0.39 is 26.0 Å². The van der Waals surface area contributed by atoms with E-state index in [1.54, 1.807) is 36.4 Å². The van der Waals surface area contributed by atoms with E-state index in [1.165, 1.54) is 36.8 Å². The molecule has 6 rings (SSSR count). The van der Waals surface area contributed by atoms with Crippen molar-refractivity contribution in [1.29, 1.82) is 0 Å². The van der Waals surface area contributed by atoms with E-state index in [1.807, 2.05) is 62.2 Å². The summed E-state index contributed by atoms with van der Waals surface area (Å²) in [5.41, 5.74) is 3.86. The first-order valence-corrected chi connectivity index (χ1v) is 20.2. The molecule has 0 unspecified atom stereocenters. The molecule has 0 saturated heterocycles. The van der Waals surface area contributed by atoms with Crippen molar-refractivity contribution in [2.24, 2.45) is 0 Å². The molecule has 0 aliphatic heterocycles. The van der Waals surface area contributed by atoms with Crippen molar-refractivity contribution in [1.82, 2.24) is 14.9 Å². The first-order valence-electron chi connectivity index (χ1n) is 16.3. The van der Waals surface area contributed by atoms with Gasteiger partial charge in [-0.2, -0.15) is 8.42 Å². The van der Waals surface area contributed by atoms with Gasteiger partial charge in [0.15, 0.2) is 0 Å². The molecule has 2 aromatic heterocycles. The van der Waals surface area contributed by atoms with Gasteiger partial charge >= 0.3 is 0 Å². The molecule has 11 nitrogen and oxygen atoms in total. The van der Waals surface area contributed by atoms with Crippen LogP contribution in [0.1, 0.15) is 29.9 Å². The van der Waals surface area contributed by atoms with Crippen LogP contribution in [-0.2, 0) is 26.6 Å². The van der Waals surface area contributed by atoms with Crippen molar-refractivity contribution in [3.05, 3.63) is 131 Å². The van der Waals surface area contributed by atoms with Gasteiger partial charge in [0.1, 0.15) is 51.7 Å². The zero-order valence-electron chi connectivity index (χ0n) is 29.3. The second-order valence-corrected chi connectivity index (χ2v) is 16.3. The molecule has 15 heteroatoms. The molecule has 0 aliphatic carbocycles. The quantitative estimate of drug-likeness (QED) is 0.115. The van der Waals surface area contributed by atoms with Gasteiger partial charge in [0.25, 0.3) is 10.1 Å². The van der Waals surface area contributed by atoms with E-state index in [-0.39, 0.29) is 23.1 Å². The minimum atomic E-state index is -4.02. The maximum atomic E-state index is 13.5. The summed E-state index contributed by atoms with van der Waals surface area (Å²) in [6.07, 6.45) is 2.70. The minimum absolute atomic E-state index is 0.0406. The fourth-order valence-electron chi connectivity index (χ4n) is 5.26. The maximum absolute atomic E-state index is 13.5. The van der Waals surface area contributed by atoms with E-state index in [0.29, 0.717) is 45.9 Å². The lowest BCUT2D eigenvalue weighted by molar-refractivity contribution is 0.245. The van der Waals surface area contributed by atoms with Crippen molar-refractivity contribution >= 4 is 54.0 Å². The summed E-state index contributed by atoms with van der Waals surface area (Å²) < 4.78 is 79.1. The van der Waals surface area contributed by atoms with E-state index in [2.05, 4.69) is 15.3 Å². The van der Waals surface area contributed by atoms with Crippen LogP contribution in [0.3, 0.4) is 0 Å². The van der Waals surface area contributed by atoms with Gasteiger partial charge in [0, 0.05) is 22.9 Å². The number of ether oxygens (including phenoxy) is 1. The maximum Gasteiger partial charge on any atom is 0.294 e. The predicted octanol–water partition coefficient (Wildman–Crippen LogP) is 8.28. The van der Waals surface area contributed by atoms with Crippen LogP contribution in [0.15, 0.2) is 113 Å². The van der Waals surface area contributed by atoms with Gasteiger partial charge in [-0.25, -0.2) is 22.8 Å². The summed E-state index contributed by atoms with van der Waals surface area (Å²) in [6.45, 7) is 4.66. The summed E-state index contributed by atoms with van der Waals surface area (Å²) in [5, 5.41) is 4.45. The Kier molecular flexibility index (Phi) is 12.5. The Morgan fingerprint density at radius 3 is 2.38 bits per heavy atom. The lowest BCUT2D eigenvalue weighted by atomic mass is 10.1. The van der Waals surface area contributed by atoms with Gasteiger partial charge in [0.2, 0.25) is 0 Å². The van der Waals surface area contributed by atoms with Crippen LogP contribution in [0.4, 0.5) is 15.9 Å². The molecule has 2 N–H and O–H groups in total. The molecule has 278 valence electrons. The van der Waals surface area contributed by atoms with Crippen LogP contribution in [0.5, 0.6) is 5.75 Å². The molecular weight excluding hydrogens is 743 g/mol. The van der Waals surface area contributed by atoms with Gasteiger partial charge < -0.3 is 14.5 Å². The highest BCUT2D eigenvalue weighted by molar-refractivity contribution is 7.90. The number of anilines is 2. The summed E-state index contributed by atoms with van der Waals surface area (Å²) in [4.78, 5) is 10.7. The zero-order chi connectivity index (χ0) is 38.3. The van der Waals surface area contributed by atoms with Crippen molar-refractivity contribution in [3.8, 4) is 17.1 Å². The van der Waals surface area contributed by atoms with E-state index >= 15 is 0 Å². The third-order valence-corrected chi connectivity index (χ3v) is 10.2. The molecule has 2 heterocycles. The Balaban J connectivity index is 0.000000422. The van der Waals surface area contributed by atoms with Crippen LogP contribution >= 0.6 is 11.6 Å². The SMILES string of the molecule is CCN(C)[C@@H](CS(C)(=O)=O)c1ccc(-c2ccc3ncnc(Nc4ccc(OCc5cccc(F)c5)c(Cl)c4)c3c2)o1.Cc1ccc(S(=O)(=O)O)cc1. The Labute approximate surface area is 313 Å². The number of sulfone groups is 1. The number of benzene rings is 4. The molecule has 53 heavy (non-hydrogen) atoms. The van der Waals surface area contributed by atoms with Crippen molar-refractivity contribution in [3.63, 3.8) is 0 Å². The minimum Gasteiger partial charge on any atom is -0.487 e. The van der Waals surface area contributed by atoms with Crippen molar-refractivity contribution in [2.75, 3.05) is 30.9 Å². The smallest absolute Gasteiger partial charge is 0.294 e. The largest absolute Gasteiger partial charge is 0.487 e. The number of fused-ring (bicyclic) bond motifs is 1. The highest BCUT2D eigenvalue weighted by atomic mass is 35.5. The average Bonchev–Trinajstić information content (AvgIpc) is 3.60. The number of furan rings is 1. The molecule has 0 amide bonds. The average molecular weight is 781 g/mol. The van der Waals surface area contributed by atoms with Gasteiger partial charge in [0.05, 0.1) is 27.2 Å². The predicted molar refractivity (Wildman–Crippen MR) is 204 cm³/mol. The van der Waals surface area contributed by atoms with Crippen LogP contribution in [-0.4, -0.2) is 61.9 Å². The van der Waals surface area contributed by atoms with Crippen molar-refractivity contribution in [2.45, 2.75) is 31.4 Å². The summed E-state index contributed by atoms with van der Waals surface area (Å²) in [6, 6.07) is 26.4. The van der Waals surface area contributed by atoms with Gasteiger partial charge in [-0.3, -0.25) is 9.45 Å². The molecule has 0 aliphatic rings. The van der Waals surface area contributed by atoms with Crippen LogP contribution < -0.4 is 10.1 Å². The number of hydrogen-bond acceptors (Lipinski definition) is 10. The highest BCUT2D eigenvalue weighted by Crippen LogP contribution is 2.34. The van der Waals surface area contributed by atoms with Gasteiger partial charge in [-0.15, -0.1) is 0 Å². The Morgan fingerprint density at radius 1 is 0.962 bits per heavy atom. The van der Waals surface area contributed by atoms with Crippen LogP contribution in [0, 0.1) is 12.7 Å². The number of rotatable bonds is 12. The zero-order valence-corrected chi connectivity index (χ0v) is 31.7. The topological polar surface area (TPSA) is 152 Å². The first kappa shape index (κ1) is 39.3. The fourth-order valence-corrected chi connectivity index (χ4v) is 6.97. The Morgan fingerprint density at radius 2 is 1.72 bits per heavy atom. The third-order valence-electron chi connectivity index (χ3n) is 8.16. The molecule has 0 fully saturated rings. The number of nitrogens with zero attached hydrogens (tertiary/aromatic N) is 3. The molecular formula is C38H38ClFN4O7S2. The number of aromatic nitrogens is 2. The molecule has 0 radical (unpaired) electrons. The number of nitrogens with one attached hydrogen (secondary N) is 1. The fraction of sp³-hybridized carbons (Fsp3) is 0.211. The van der Waals surface area contributed by atoms with Gasteiger partial charge in [-0.1, -0.05) is 48.4 Å². The first-order chi connectivity index (χ1) is 25.1. The van der Waals surface area contributed by atoms with Gasteiger partial charge in [-0.05, 0) is 98.9 Å². The van der Waals surface area contributed by atoms with Crippen LogP contribution in [0.25, 0.3) is 22.2 Å². The number of halogens is 2. The second-order valence-electron chi connectivity index (χ2n) is 12.3. The monoisotopic (exact) mass is 780 g/mol. The molecule has 0 bridgehead atoms. The standard InChI is InChI=1S/C31H30ClFN4O4S.C7H8O3S/c1-4-37(2)27(18-42(3,38)39)30-13-12-28(41-30)21-8-10-26-24(15-21)31(35-19-34-26)36-23-9-11-29(25(32)16-23)40-17-20-6-5-7-22(33)14-20;1-6-2-4-7(5-3-6)11(8,9)10/h5-16,19,27H,4,17-18H2,1-3H3,(H,34,35,36);2-5H,1H3,(H,8,9,10)/t27-;/m0./s1. The van der Waals surface area contributed by atoms with Crippen LogP contribution in [0.2, 0.25) is 5.02 Å². The van der Waals surface area contributed by atoms with E-state index in [0.717, 1.165) is 22.0 Å². The number of aryl methyl sites for hydroxylation is 1. The normalized spacial score (nSPS) is 12.3. The van der Waals surface area contributed by atoms with E-state index in [4.69, 9.17) is 25.3 Å². The highest BCUT2D eigenvalue weighted by Gasteiger charge is 2.24. The lowest BCUT2D eigenvalue weighted by Crippen LogP contribution is -2.29. The summed E-state index contributed by atoms with van der Waals surface area (Å²) in [7, 11) is -5.37. The Hall–Kier alpha value is -4.86.